The molecule has 1 fully saturated rings. The van der Waals surface area contributed by atoms with E-state index in [2.05, 4.69) is 19.9 Å². The lowest BCUT2D eigenvalue weighted by atomic mass is 10.1. The van der Waals surface area contributed by atoms with Crippen molar-refractivity contribution in [2.24, 2.45) is 0 Å². The molecular weight excluding hydrogens is 342 g/mol. The molecule has 1 aliphatic heterocycles. The lowest BCUT2D eigenvalue weighted by Crippen LogP contribution is -2.28. The van der Waals surface area contributed by atoms with Crippen LogP contribution in [-0.4, -0.2) is 17.8 Å². The number of allylic oxidation sites excluding steroid dienone is 5. The fraction of sp³-hybridized carbons (Fsp3) is 0.318. The number of nitrogens with zero attached hydrogens (tertiary/aromatic N) is 1. The van der Waals surface area contributed by atoms with E-state index in [1.54, 1.807) is 30.3 Å². The third-order valence-electron chi connectivity index (χ3n) is 4.09. The van der Waals surface area contributed by atoms with Gasteiger partial charge >= 0.3 is 5.97 Å². The van der Waals surface area contributed by atoms with E-state index in [-0.39, 0.29) is 18.2 Å². The molecule has 0 N–H and O–H groups in total. The third-order valence-corrected chi connectivity index (χ3v) is 4.09. The van der Waals surface area contributed by atoms with E-state index in [1.807, 2.05) is 13.0 Å². The van der Waals surface area contributed by atoms with Crippen LogP contribution >= 0.6 is 0 Å². The highest BCUT2D eigenvalue weighted by Crippen LogP contribution is 2.28. The summed E-state index contributed by atoms with van der Waals surface area (Å²) in [5, 5.41) is 0. The maximum atomic E-state index is 12.6. The van der Waals surface area contributed by atoms with Crippen LogP contribution in [0.15, 0.2) is 59.2 Å². The van der Waals surface area contributed by atoms with Crippen LogP contribution in [0.5, 0.6) is 5.75 Å². The smallest absolute Gasteiger partial charge is 0.308 e. The summed E-state index contributed by atoms with van der Waals surface area (Å²) in [7, 11) is 0. The second-order valence-electron chi connectivity index (χ2n) is 6.82. The quantitative estimate of drug-likeness (QED) is 0.244. The summed E-state index contributed by atoms with van der Waals surface area (Å²) < 4.78 is 4.97. The number of hydrogen-bond acceptors (Lipinski definition) is 4. The minimum absolute atomic E-state index is 0.0856. The molecule has 1 aromatic rings. The van der Waals surface area contributed by atoms with Crippen molar-refractivity contribution in [3.05, 3.63) is 59.2 Å². The molecule has 0 saturated carbocycles. The molecule has 0 bridgehead atoms. The molecule has 0 atom stereocenters. The largest absolute Gasteiger partial charge is 0.427 e. The molecule has 5 heteroatoms. The van der Waals surface area contributed by atoms with Crippen LogP contribution in [0.4, 0.5) is 5.69 Å². The molecule has 5 nitrogen and oxygen atoms in total. The van der Waals surface area contributed by atoms with Crippen molar-refractivity contribution < 1.29 is 19.1 Å². The number of amides is 2. The minimum atomic E-state index is -0.423. The SMILES string of the molecule is CC(=O)Oc1ccc(N2C(=O)C/C(=C/C=C(\C)CCC=C(C)C)C2=O)cc1. The zero-order chi connectivity index (χ0) is 20.0. The fourth-order valence-electron chi connectivity index (χ4n) is 2.71. The molecule has 1 aromatic carbocycles. The second kappa shape index (κ2) is 9.12. The van der Waals surface area contributed by atoms with E-state index in [9.17, 15) is 14.4 Å². The first-order valence-electron chi connectivity index (χ1n) is 8.93. The summed E-state index contributed by atoms with van der Waals surface area (Å²) >= 11 is 0. The van der Waals surface area contributed by atoms with Crippen LogP contribution in [-0.2, 0) is 14.4 Å². The highest BCUT2D eigenvalue weighted by molar-refractivity contribution is 6.28. The third kappa shape index (κ3) is 5.78. The van der Waals surface area contributed by atoms with Crippen LogP contribution in [0.25, 0.3) is 0 Å². The first-order valence-corrected chi connectivity index (χ1v) is 8.93. The number of carbonyl (C=O) groups is 3. The van der Waals surface area contributed by atoms with Crippen molar-refractivity contribution in [2.75, 3.05) is 4.90 Å². The number of ether oxygens (including phenoxy) is 1. The van der Waals surface area contributed by atoms with E-state index in [4.69, 9.17) is 4.74 Å². The van der Waals surface area contributed by atoms with Gasteiger partial charge in [0.1, 0.15) is 5.75 Å². The van der Waals surface area contributed by atoms with Gasteiger partial charge in [-0.15, -0.1) is 0 Å². The summed E-state index contributed by atoms with van der Waals surface area (Å²) in [5.41, 5.74) is 3.39. The van der Waals surface area contributed by atoms with Crippen molar-refractivity contribution in [2.45, 2.75) is 47.0 Å². The molecule has 142 valence electrons. The molecule has 0 aliphatic carbocycles. The Morgan fingerprint density at radius 3 is 2.37 bits per heavy atom. The summed E-state index contributed by atoms with van der Waals surface area (Å²) in [6, 6.07) is 6.31. The summed E-state index contributed by atoms with van der Waals surface area (Å²) in [5.74, 6) is -0.625. The summed E-state index contributed by atoms with van der Waals surface area (Å²) in [6.45, 7) is 7.46. The van der Waals surface area contributed by atoms with Crippen molar-refractivity contribution in [1.29, 1.82) is 0 Å². The first-order chi connectivity index (χ1) is 12.8. The second-order valence-corrected chi connectivity index (χ2v) is 6.82. The van der Waals surface area contributed by atoms with Crippen LogP contribution in [0.3, 0.4) is 0 Å². The zero-order valence-electron chi connectivity index (χ0n) is 16.2. The van der Waals surface area contributed by atoms with Crippen LogP contribution in [0, 0.1) is 0 Å². The van der Waals surface area contributed by atoms with Crippen LogP contribution < -0.4 is 9.64 Å². The topological polar surface area (TPSA) is 63.7 Å². The van der Waals surface area contributed by atoms with E-state index >= 15 is 0 Å². The highest BCUT2D eigenvalue weighted by atomic mass is 16.5. The molecule has 0 spiro atoms. The number of hydrogen-bond donors (Lipinski definition) is 0. The van der Waals surface area contributed by atoms with Crippen molar-refractivity contribution in [3.63, 3.8) is 0 Å². The number of imide groups is 1. The minimum Gasteiger partial charge on any atom is -0.427 e. The molecular formula is C22H25NO4. The number of rotatable bonds is 6. The Kier molecular flexibility index (Phi) is 6.88. The number of carbonyl (C=O) groups excluding carboxylic acids is 3. The van der Waals surface area contributed by atoms with Gasteiger partial charge in [-0.3, -0.25) is 14.4 Å². The molecule has 0 aromatic heterocycles. The predicted octanol–water partition coefficient (Wildman–Crippen LogP) is 4.49. The normalized spacial score (nSPS) is 16.1. The van der Waals surface area contributed by atoms with Crippen molar-refractivity contribution in [1.82, 2.24) is 0 Å². The Hall–Kier alpha value is -2.95. The Morgan fingerprint density at radius 2 is 1.78 bits per heavy atom. The highest BCUT2D eigenvalue weighted by Gasteiger charge is 2.34. The van der Waals surface area contributed by atoms with Crippen molar-refractivity contribution >= 4 is 23.5 Å². The molecule has 0 radical (unpaired) electrons. The first kappa shape index (κ1) is 20.4. The Bertz CT molecular complexity index is 824. The monoisotopic (exact) mass is 367 g/mol. The standard InChI is InChI=1S/C22H25NO4/c1-15(2)6-5-7-16(3)8-9-18-14-21(25)23(22(18)26)19-10-12-20(13-11-19)27-17(4)24/h6,8-13H,5,7,14H2,1-4H3/b16-8+,18-9-. The maximum absolute atomic E-state index is 12.6. The van der Waals surface area contributed by atoms with Gasteiger partial charge < -0.3 is 4.74 Å². The lowest BCUT2D eigenvalue weighted by molar-refractivity contribution is -0.132. The van der Waals surface area contributed by atoms with Crippen LogP contribution in [0.1, 0.15) is 47.0 Å². The number of benzene rings is 1. The number of anilines is 1. The average molecular weight is 367 g/mol. The van der Waals surface area contributed by atoms with Gasteiger partial charge in [0, 0.05) is 12.5 Å². The fourth-order valence-corrected chi connectivity index (χ4v) is 2.71. The maximum Gasteiger partial charge on any atom is 0.308 e. The predicted molar refractivity (Wildman–Crippen MR) is 105 cm³/mol. The van der Waals surface area contributed by atoms with Gasteiger partial charge in [-0.05, 0) is 57.9 Å². The summed E-state index contributed by atoms with van der Waals surface area (Å²) in [6.07, 6.45) is 7.79. The van der Waals surface area contributed by atoms with Gasteiger partial charge in [0.05, 0.1) is 12.1 Å². The molecule has 27 heavy (non-hydrogen) atoms. The zero-order valence-corrected chi connectivity index (χ0v) is 16.2. The van der Waals surface area contributed by atoms with E-state index in [1.165, 1.54) is 12.5 Å². The van der Waals surface area contributed by atoms with Gasteiger partial charge in [-0.2, -0.15) is 0 Å². The van der Waals surface area contributed by atoms with E-state index in [0.717, 1.165) is 23.3 Å². The molecule has 1 heterocycles. The van der Waals surface area contributed by atoms with Gasteiger partial charge in [-0.25, -0.2) is 4.90 Å². The van der Waals surface area contributed by atoms with E-state index < -0.39 is 5.97 Å². The average Bonchev–Trinajstić information content (AvgIpc) is 2.87. The van der Waals surface area contributed by atoms with Crippen LogP contribution in [0.2, 0.25) is 0 Å². The van der Waals surface area contributed by atoms with Gasteiger partial charge in [-0.1, -0.05) is 29.4 Å². The molecule has 1 aliphatic rings. The molecule has 2 amide bonds. The molecule has 1 saturated heterocycles. The van der Waals surface area contributed by atoms with Gasteiger partial charge in [0.25, 0.3) is 5.91 Å². The van der Waals surface area contributed by atoms with Gasteiger partial charge in [0.2, 0.25) is 5.91 Å². The number of esters is 1. The molecule has 0 unspecified atom stereocenters. The molecule has 2 rings (SSSR count). The lowest BCUT2D eigenvalue weighted by Gasteiger charge is -2.13. The van der Waals surface area contributed by atoms with Gasteiger partial charge in [0.15, 0.2) is 0 Å². The summed E-state index contributed by atoms with van der Waals surface area (Å²) in [4.78, 5) is 37.0. The Labute approximate surface area is 160 Å². The van der Waals surface area contributed by atoms with Crippen molar-refractivity contribution in [3.8, 4) is 5.75 Å². The Balaban J connectivity index is 2.09. The van der Waals surface area contributed by atoms with E-state index in [0.29, 0.717) is 17.0 Å². The Morgan fingerprint density at radius 1 is 1.11 bits per heavy atom.